The quantitative estimate of drug-likeness (QED) is 0.312. The first-order valence-electron chi connectivity index (χ1n) is 15.2. The van der Waals surface area contributed by atoms with Gasteiger partial charge in [-0.3, -0.25) is 14.4 Å². The Balaban J connectivity index is 1.35. The molecule has 9 nitrogen and oxygen atoms in total. The van der Waals surface area contributed by atoms with Gasteiger partial charge in [0, 0.05) is 60.3 Å². The van der Waals surface area contributed by atoms with E-state index in [1.165, 1.54) is 24.6 Å². The summed E-state index contributed by atoms with van der Waals surface area (Å²) in [6.45, 7) is 6.94. The van der Waals surface area contributed by atoms with Gasteiger partial charge in [-0.2, -0.15) is 0 Å². The molecule has 1 saturated carbocycles. The maximum atomic E-state index is 13.7. The number of nitrogens with zero attached hydrogens (tertiary/aromatic N) is 1. The summed E-state index contributed by atoms with van der Waals surface area (Å²) in [7, 11) is 0. The largest absolute Gasteiger partial charge is 0.382 e. The Labute approximate surface area is 242 Å². The van der Waals surface area contributed by atoms with E-state index in [-0.39, 0.29) is 29.8 Å². The number of aromatic amines is 1. The number of H-pyrrole nitrogens is 1. The lowest BCUT2D eigenvalue weighted by Gasteiger charge is -2.34. The molecule has 5 rings (SSSR count). The van der Waals surface area contributed by atoms with Crippen molar-refractivity contribution >= 4 is 18.0 Å². The standard InChI is InChI=1S/C32H44N6O3/c1-20-15-21(2)36-31(40)28(20)19-35-30(39)26-16-24(17-29(27(26)18-33)37-25-5-3-4-6-25)22-9-13-38(14-10-22)32(41)23-7-11-34-12-8-23/h9,15,17-18,23,25-26,33-34,37H,3-8,10-14,16,19H2,1-2H3,(H,35,39)(H,36,40)/t26-/m1/s1. The number of aromatic nitrogens is 1. The van der Waals surface area contributed by atoms with E-state index in [1.807, 2.05) is 24.8 Å². The molecule has 41 heavy (non-hydrogen) atoms. The molecule has 4 aliphatic rings. The Bertz CT molecular complexity index is 1330. The number of hydrogen-bond acceptors (Lipinski definition) is 6. The second-order valence-corrected chi connectivity index (χ2v) is 12.0. The number of allylic oxidation sites excluding steroid dienone is 2. The van der Waals surface area contributed by atoms with Crippen molar-refractivity contribution in [2.24, 2.45) is 11.8 Å². The normalized spacial score (nSPS) is 22.3. The van der Waals surface area contributed by atoms with Crippen LogP contribution in [0.4, 0.5) is 0 Å². The lowest BCUT2D eigenvalue weighted by molar-refractivity contribution is -0.136. The van der Waals surface area contributed by atoms with Gasteiger partial charge in [-0.05, 0) is 94.3 Å². The fourth-order valence-electron chi connectivity index (χ4n) is 6.77. The molecule has 0 bridgehead atoms. The number of amides is 2. The highest BCUT2D eigenvalue weighted by Crippen LogP contribution is 2.35. The minimum Gasteiger partial charge on any atom is -0.382 e. The molecule has 0 spiro atoms. The first-order chi connectivity index (χ1) is 19.8. The van der Waals surface area contributed by atoms with Crippen molar-refractivity contribution in [2.45, 2.75) is 77.8 Å². The highest BCUT2D eigenvalue weighted by atomic mass is 16.2. The monoisotopic (exact) mass is 560 g/mol. The van der Waals surface area contributed by atoms with Crippen LogP contribution in [0.3, 0.4) is 0 Å². The molecule has 220 valence electrons. The van der Waals surface area contributed by atoms with Gasteiger partial charge in [-0.15, -0.1) is 0 Å². The van der Waals surface area contributed by atoms with Crippen LogP contribution in [0.15, 0.2) is 45.4 Å². The average Bonchev–Trinajstić information content (AvgIpc) is 3.49. The van der Waals surface area contributed by atoms with Crippen molar-refractivity contribution in [2.75, 3.05) is 26.2 Å². The second-order valence-electron chi connectivity index (χ2n) is 12.0. The van der Waals surface area contributed by atoms with Crippen LogP contribution in [-0.4, -0.2) is 60.1 Å². The summed E-state index contributed by atoms with van der Waals surface area (Å²) in [6.07, 6.45) is 13.2. The van der Waals surface area contributed by atoms with Crippen molar-refractivity contribution in [3.63, 3.8) is 0 Å². The molecule has 1 atom stereocenters. The third-order valence-corrected chi connectivity index (χ3v) is 9.17. The molecule has 0 unspecified atom stereocenters. The van der Waals surface area contributed by atoms with E-state index in [0.717, 1.165) is 67.7 Å². The van der Waals surface area contributed by atoms with E-state index in [4.69, 9.17) is 5.41 Å². The number of rotatable bonds is 8. The van der Waals surface area contributed by atoms with E-state index >= 15 is 0 Å². The number of aryl methyl sites for hydroxylation is 2. The predicted octanol–water partition coefficient (Wildman–Crippen LogP) is 3.15. The molecule has 0 aromatic carbocycles. The lowest BCUT2D eigenvalue weighted by atomic mass is 9.80. The van der Waals surface area contributed by atoms with Gasteiger partial charge in [0.25, 0.3) is 5.56 Å². The Morgan fingerprint density at radius 2 is 1.88 bits per heavy atom. The summed E-state index contributed by atoms with van der Waals surface area (Å²) in [5.74, 6) is -0.347. The summed E-state index contributed by atoms with van der Waals surface area (Å²) in [6, 6.07) is 2.25. The number of carbonyl (C=O) groups is 2. The van der Waals surface area contributed by atoms with Crippen molar-refractivity contribution in [1.82, 2.24) is 25.8 Å². The van der Waals surface area contributed by atoms with Gasteiger partial charge in [0.05, 0.1) is 5.92 Å². The van der Waals surface area contributed by atoms with Gasteiger partial charge in [-0.1, -0.05) is 18.9 Å². The van der Waals surface area contributed by atoms with Gasteiger partial charge in [0.2, 0.25) is 11.8 Å². The van der Waals surface area contributed by atoms with Crippen molar-refractivity contribution in [3.05, 3.63) is 67.8 Å². The van der Waals surface area contributed by atoms with Gasteiger partial charge < -0.3 is 31.2 Å². The molecule has 2 aliphatic carbocycles. The zero-order valence-corrected chi connectivity index (χ0v) is 24.4. The van der Waals surface area contributed by atoms with Gasteiger partial charge in [-0.25, -0.2) is 0 Å². The zero-order valence-electron chi connectivity index (χ0n) is 24.4. The number of nitrogens with one attached hydrogen (secondary N) is 5. The third-order valence-electron chi connectivity index (χ3n) is 9.17. The molecule has 2 amide bonds. The van der Waals surface area contributed by atoms with Crippen LogP contribution in [0, 0.1) is 31.1 Å². The maximum Gasteiger partial charge on any atom is 0.253 e. The van der Waals surface area contributed by atoms with E-state index in [2.05, 4.69) is 33.1 Å². The highest BCUT2D eigenvalue weighted by molar-refractivity contribution is 5.93. The summed E-state index contributed by atoms with van der Waals surface area (Å²) in [5, 5.41) is 18.2. The fourth-order valence-corrected chi connectivity index (χ4v) is 6.77. The smallest absolute Gasteiger partial charge is 0.253 e. The fraction of sp³-hybridized carbons (Fsp3) is 0.562. The molecule has 1 aromatic rings. The molecule has 3 heterocycles. The van der Waals surface area contributed by atoms with Crippen LogP contribution < -0.4 is 21.5 Å². The molecular formula is C32H44N6O3. The molecule has 5 N–H and O–H groups in total. The predicted molar refractivity (Wildman–Crippen MR) is 161 cm³/mol. The van der Waals surface area contributed by atoms with Crippen molar-refractivity contribution in [3.8, 4) is 0 Å². The molecule has 9 heteroatoms. The molecule has 0 radical (unpaired) electrons. The second kappa shape index (κ2) is 13.0. The molecule has 2 aliphatic heterocycles. The van der Waals surface area contributed by atoms with E-state index in [1.54, 1.807) is 0 Å². The molecule has 1 saturated heterocycles. The van der Waals surface area contributed by atoms with Crippen LogP contribution in [0.5, 0.6) is 0 Å². The average molecular weight is 561 g/mol. The first kappa shape index (κ1) is 29.0. The highest BCUT2D eigenvalue weighted by Gasteiger charge is 2.33. The van der Waals surface area contributed by atoms with Crippen LogP contribution in [0.2, 0.25) is 0 Å². The van der Waals surface area contributed by atoms with Crippen LogP contribution in [0.1, 0.15) is 68.2 Å². The summed E-state index contributed by atoms with van der Waals surface area (Å²) in [4.78, 5) is 44.1. The van der Waals surface area contributed by atoms with E-state index < -0.39 is 5.92 Å². The van der Waals surface area contributed by atoms with Gasteiger partial charge in [0.1, 0.15) is 0 Å². The number of carbonyl (C=O) groups excluding carboxylic acids is 2. The topological polar surface area (TPSA) is 130 Å². The Hall–Kier alpha value is -3.46. The van der Waals surface area contributed by atoms with E-state index in [0.29, 0.717) is 36.7 Å². The molecule has 2 fully saturated rings. The lowest BCUT2D eigenvalue weighted by Crippen LogP contribution is -2.43. The van der Waals surface area contributed by atoms with Crippen molar-refractivity contribution in [1.29, 1.82) is 5.41 Å². The van der Waals surface area contributed by atoms with E-state index in [9.17, 15) is 14.4 Å². The Morgan fingerprint density at radius 1 is 1.12 bits per heavy atom. The number of pyridine rings is 1. The zero-order chi connectivity index (χ0) is 28.9. The molecular weight excluding hydrogens is 516 g/mol. The third kappa shape index (κ3) is 6.72. The summed E-state index contributed by atoms with van der Waals surface area (Å²) in [5.41, 5.74) is 5.81. The van der Waals surface area contributed by atoms with Crippen LogP contribution >= 0.6 is 0 Å². The molecule has 1 aromatic heterocycles. The SMILES string of the molecule is Cc1cc(C)c(CNC(=O)[C@@H]2CC(C3=CCN(C(=O)C4CCNCC4)CC3)=CC(NC3CCCC3)=C2C=N)c(=O)[nH]1. The minimum absolute atomic E-state index is 0.109. The summed E-state index contributed by atoms with van der Waals surface area (Å²) >= 11 is 0. The van der Waals surface area contributed by atoms with Crippen LogP contribution in [0.25, 0.3) is 0 Å². The Kier molecular flexibility index (Phi) is 9.22. The summed E-state index contributed by atoms with van der Waals surface area (Å²) < 4.78 is 0. The number of piperidine rings is 1. The minimum atomic E-state index is -0.531. The first-order valence-corrected chi connectivity index (χ1v) is 15.2. The Morgan fingerprint density at radius 3 is 2.54 bits per heavy atom. The van der Waals surface area contributed by atoms with Crippen molar-refractivity contribution < 1.29 is 9.59 Å². The van der Waals surface area contributed by atoms with Crippen LogP contribution in [-0.2, 0) is 16.1 Å². The maximum absolute atomic E-state index is 13.7. The number of hydrogen-bond donors (Lipinski definition) is 5. The van der Waals surface area contributed by atoms with Gasteiger partial charge >= 0.3 is 0 Å². The van der Waals surface area contributed by atoms with Gasteiger partial charge in [0.15, 0.2) is 0 Å².